The van der Waals surface area contributed by atoms with Crippen LogP contribution in [0.25, 0.3) is 0 Å². The molecule has 1 fully saturated rings. The third kappa shape index (κ3) is 1.57. The lowest BCUT2D eigenvalue weighted by molar-refractivity contribution is -0.146. The first-order valence-corrected chi connectivity index (χ1v) is 3.98. The summed E-state index contributed by atoms with van der Waals surface area (Å²) in [4.78, 5) is 11.3. The molecule has 0 aromatic rings. The van der Waals surface area contributed by atoms with Gasteiger partial charge in [-0.3, -0.25) is 10.2 Å². The maximum atomic E-state index is 11.3. The highest BCUT2D eigenvalue weighted by Crippen LogP contribution is 2.22. The first-order chi connectivity index (χ1) is 5.75. The summed E-state index contributed by atoms with van der Waals surface area (Å²) in [5, 5.41) is 0. The fourth-order valence-electron chi connectivity index (χ4n) is 1.31. The molecule has 0 aliphatic carbocycles. The van der Waals surface area contributed by atoms with Crippen molar-refractivity contribution in [1.29, 1.82) is 0 Å². The van der Waals surface area contributed by atoms with Crippen LogP contribution in [0.15, 0.2) is 0 Å². The van der Waals surface area contributed by atoms with E-state index in [-0.39, 0.29) is 5.91 Å². The Kier molecular flexibility index (Phi) is 3.02. The molecule has 70 valence electrons. The van der Waals surface area contributed by atoms with Crippen molar-refractivity contribution in [3.63, 3.8) is 0 Å². The molecule has 0 aromatic heterocycles. The Labute approximate surface area is 71.2 Å². The van der Waals surface area contributed by atoms with Crippen molar-refractivity contribution in [3.05, 3.63) is 0 Å². The fourth-order valence-corrected chi connectivity index (χ4v) is 1.31. The van der Waals surface area contributed by atoms with Crippen molar-refractivity contribution in [1.82, 2.24) is 5.43 Å². The molecule has 0 saturated carbocycles. The largest absolute Gasteiger partial charge is 0.378 e. The summed E-state index contributed by atoms with van der Waals surface area (Å²) in [6.07, 6.45) is 0.573. The van der Waals surface area contributed by atoms with Crippen LogP contribution in [-0.2, 0) is 14.3 Å². The first kappa shape index (κ1) is 9.44. The zero-order valence-electron chi connectivity index (χ0n) is 7.13. The summed E-state index contributed by atoms with van der Waals surface area (Å²) in [6, 6.07) is 0. The molecule has 3 N–H and O–H groups in total. The molecule has 0 aromatic carbocycles. The van der Waals surface area contributed by atoms with Crippen molar-refractivity contribution in [3.8, 4) is 0 Å². The molecular formula is C7H14N2O3. The standard InChI is InChI=1S/C7H14N2O3/c1-2-12-7(6(10)9-8)3-4-11-5-7/h2-5,8H2,1H3,(H,9,10). The topological polar surface area (TPSA) is 73.6 Å². The molecule has 0 spiro atoms. The van der Waals surface area contributed by atoms with Crippen molar-refractivity contribution >= 4 is 5.91 Å². The Morgan fingerprint density at radius 2 is 2.58 bits per heavy atom. The summed E-state index contributed by atoms with van der Waals surface area (Å²) < 4.78 is 10.4. The fraction of sp³-hybridized carbons (Fsp3) is 0.857. The van der Waals surface area contributed by atoms with E-state index in [1.165, 1.54) is 0 Å². The number of nitrogens with two attached hydrogens (primary N) is 1. The highest BCUT2D eigenvalue weighted by Gasteiger charge is 2.42. The maximum Gasteiger partial charge on any atom is 0.268 e. The molecule has 5 nitrogen and oxygen atoms in total. The Morgan fingerprint density at radius 3 is 3.00 bits per heavy atom. The van der Waals surface area contributed by atoms with Crippen molar-refractivity contribution < 1.29 is 14.3 Å². The molecule has 0 bridgehead atoms. The SMILES string of the molecule is CCOC1(C(=O)NN)CCOC1. The average Bonchev–Trinajstić information content (AvgIpc) is 2.53. The molecule has 1 unspecified atom stereocenters. The van der Waals surface area contributed by atoms with E-state index < -0.39 is 5.60 Å². The monoisotopic (exact) mass is 174 g/mol. The number of hydrogen-bond acceptors (Lipinski definition) is 4. The lowest BCUT2D eigenvalue weighted by Crippen LogP contribution is -2.51. The summed E-state index contributed by atoms with van der Waals surface area (Å²) in [5.41, 5.74) is 1.24. The predicted molar refractivity (Wildman–Crippen MR) is 42.1 cm³/mol. The first-order valence-electron chi connectivity index (χ1n) is 3.98. The Hall–Kier alpha value is -0.650. The van der Waals surface area contributed by atoms with E-state index in [1.54, 1.807) is 0 Å². The molecular weight excluding hydrogens is 160 g/mol. The van der Waals surface area contributed by atoms with Gasteiger partial charge in [-0.1, -0.05) is 0 Å². The number of nitrogens with one attached hydrogen (secondary N) is 1. The highest BCUT2D eigenvalue weighted by molar-refractivity contribution is 5.85. The van der Waals surface area contributed by atoms with E-state index in [0.717, 1.165) is 0 Å². The van der Waals surface area contributed by atoms with Crippen LogP contribution >= 0.6 is 0 Å². The molecule has 0 radical (unpaired) electrons. The molecule has 12 heavy (non-hydrogen) atoms. The van der Waals surface area contributed by atoms with E-state index in [9.17, 15) is 4.79 Å². The van der Waals surface area contributed by atoms with Gasteiger partial charge in [0.25, 0.3) is 5.91 Å². The minimum Gasteiger partial charge on any atom is -0.378 e. The van der Waals surface area contributed by atoms with E-state index in [4.69, 9.17) is 15.3 Å². The number of hydrazine groups is 1. The zero-order chi connectivity index (χ0) is 9.03. The third-order valence-corrected chi connectivity index (χ3v) is 1.95. The number of carbonyl (C=O) groups excluding carboxylic acids is 1. The van der Waals surface area contributed by atoms with Crippen LogP contribution in [0.1, 0.15) is 13.3 Å². The van der Waals surface area contributed by atoms with Crippen molar-refractivity contribution in [2.45, 2.75) is 18.9 Å². The van der Waals surface area contributed by atoms with Crippen molar-refractivity contribution in [2.24, 2.45) is 5.84 Å². The van der Waals surface area contributed by atoms with Gasteiger partial charge in [0.2, 0.25) is 0 Å². The molecule has 1 amide bonds. The molecule has 1 heterocycles. The summed E-state index contributed by atoms with van der Waals surface area (Å²) in [7, 11) is 0. The quantitative estimate of drug-likeness (QED) is 0.333. The molecule has 1 atom stereocenters. The summed E-state index contributed by atoms with van der Waals surface area (Å²) in [6.45, 7) is 3.16. The summed E-state index contributed by atoms with van der Waals surface area (Å²) >= 11 is 0. The second kappa shape index (κ2) is 3.84. The Morgan fingerprint density at radius 1 is 1.83 bits per heavy atom. The van der Waals surface area contributed by atoms with Crippen LogP contribution in [0.5, 0.6) is 0 Å². The number of hydrogen-bond donors (Lipinski definition) is 2. The van der Waals surface area contributed by atoms with E-state index >= 15 is 0 Å². The van der Waals surface area contributed by atoms with Crippen molar-refractivity contribution in [2.75, 3.05) is 19.8 Å². The van der Waals surface area contributed by atoms with Gasteiger partial charge in [0.1, 0.15) is 0 Å². The van der Waals surface area contributed by atoms with Gasteiger partial charge in [-0.15, -0.1) is 0 Å². The van der Waals surface area contributed by atoms with E-state index in [2.05, 4.69) is 5.43 Å². The maximum absolute atomic E-state index is 11.3. The minimum atomic E-state index is -0.844. The predicted octanol–water partition coefficient (Wildman–Crippen LogP) is -0.828. The minimum absolute atomic E-state index is 0.296. The van der Waals surface area contributed by atoms with Crippen LogP contribution in [0.4, 0.5) is 0 Å². The lowest BCUT2D eigenvalue weighted by Gasteiger charge is -2.24. The van der Waals surface area contributed by atoms with E-state index in [0.29, 0.717) is 26.2 Å². The molecule has 5 heteroatoms. The van der Waals surface area contributed by atoms with Crippen LogP contribution in [0.3, 0.4) is 0 Å². The van der Waals surface area contributed by atoms with Gasteiger partial charge in [-0.2, -0.15) is 0 Å². The Bertz CT molecular complexity index is 166. The zero-order valence-corrected chi connectivity index (χ0v) is 7.13. The normalized spacial score (nSPS) is 28.8. The average molecular weight is 174 g/mol. The van der Waals surface area contributed by atoms with Gasteiger partial charge in [-0.25, -0.2) is 5.84 Å². The van der Waals surface area contributed by atoms with E-state index in [1.807, 2.05) is 6.92 Å². The van der Waals surface area contributed by atoms with Gasteiger partial charge < -0.3 is 9.47 Å². The number of amides is 1. The second-order valence-electron chi connectivity index (χ2n) is 2.70. The third-order valence-electron chi connectivity index (χ3n) is 1.95. The molecule has 1 rings (SSSR count). The van der Waals surface area contributed by atoms with Crippen LogP contribution in [0, 0.1) is 0 Å². The smallest absolute Gasteiger partial charge is 0.268 e. The van der Waals surface area contributed by atoms with Crippen LogP contribution in [0.2, 0.25) is 0 Å². The van der Waals surface area contributed by atoms with Crippen LogP contribution < -0.4 is 11.3 Å². The molecule has 1 aliphatic rings. The number of rotatable bonds is 3. The Balaban J connectivity index is 2.64. The van der Waals surface area contributed by atoms with Gasteiger partial charge in [0.15, 0.2) is 5.60 Å². The van der Waals surface area contributed by atoms with Gasteiger partial charge >= 0.3 is 0 Å². The highest BCUT2D eigenvalue weighted by atomic mass is 16.6. The van der Waals surface area contributed by atoms with Gasteiger partial charge in [0.05, 0.1) is 13.2 Å². The van der Waals surface area contributed by atoms with Crippen LogP contribution in [-0.4, -0.2) is 31.3 Å². The number of carbonyl (C=O) groups is 1. The van der Waals surface area contributed by atoms with Gasteiger partial charge in [-0.05, 0) is 6.92 Å². The van der Waals surface area contributed by atoms with Gasteiger partial charge in [0, 0.05) is 13.0 Å². The lowest BCUT2D eigenvalue weighted by atomic mass is 10.0. The second-order valence-corrected chi connectivity index (χ2v) is 2.70. The number of ether oxygens (including phenoxy) is 2. The molecule has 1 aliphatic heterocycles. The summed E-state index contributed by atoms with van der Waals surface area (Å²) in [5.74, 6) is 4.73. The molecule has 1 saturated heterocycles.